The van der Waals surface area contributed by atoms with Gasteiger partial charge in [0.25, 0.3) is 0 Å². The van der Waals surface area contributed by atoms with Gasteiger partial charge < -0.3 is 28.1 Å². The molecule has 1 fully saturated rings. The van der Waals surface area contributed by atoms with Crippen molar-refractivity contribution in [2.75, 3.05) is 35.5 Å². The maximum Gasteiger partial charge on any atom is 0.200 e. The lowest BCUT2D eigenvalue weighted by Crippen LogP contribution is -2.64. The van der Waals surface area contributed by atoms with Gasteiger partial charge in [-0.15, -0.1) is 0 Å². The van der Waals surface area contributed by atoms with Crippen molar-refractivity contribution in [3.8, 4) is 11.5 Å². The number of allylic oxidation sites excluding steroid dienone is 1. The van der Waals surface area contributed by atoms with E-state index in [0.29, 0.717) is 40.3 Å². The van der Waals surface area contributed by atoms with Gasteiger partial charge in [-0.2, -0.15) is 0 Å². The van der Waals surface area contributed by atoms with E-state index in [1.807, 2.05) is 18.2 Å². The molecule has 2 aliphatic rings. The molecule has 3 rings (SSSR count). The minimum atomic E-state index is -2.31. The molecule has 0 saturated heterocycles. The van der Waals surface area contributed by atoms with Crippen LogP contribution >= 0.6 is 0 Å². The number of carbonyl (C=O) groups excluding carboxylic acids is 1. The minimum absolute atomic E-state index is 0.0536. The first kappa shape index (κ1) is 29.7. The SMILES string of the molecule is COC1=CC(=O)[C@@H]2C[C@H](O[Si](C(C)C)(C(C)C)C(C)C)[C@@H](c3ccc(OC)c(OC)c3)[C@H]1C2(OC)OC. The third-order valence-electron chi connectivity index (χ3n) is 8.81. The molecule has 37 heavy (non-hydrogen) atoms. The first-order valence-corrected chi connectivity index (χ1v) is 15.4. The van der Waals surface area contributed by atoms with E-state index in [1.165, 1.54) is 0 Å². The topological polar surface area (TPSA) is 72.5 Å². The van der Waals surface area contributed by atoms with Crippen LogP contribution in [0.5, 0.6) is 11.5 Å². The van der Waals surface area contributed by atoms with Crippen LogP contribution in [0.4, 0.5) is 0 Å². The fourth-order valence-corrected chi connectivity index (χ4v) is 12.9. The summed E-state index contributed by atoms with van der Waals surface area (Å²) in [7, 11) is 5.77. The molecule has 0 N–H and O–H groups in total. The van der Waals surface area contributed by atoms with Crippen molar-refractivity contribution in [3.05, 3.63) is 35.6 Å². The van der Waals surface area contributed by atoms with Crippen LogP contribution in [0.15, 0.2) is 30.0 Å². The van der Waals surface area contributed by atoms with Gasteiger partial charge in [-0.1, -0.05) is 47.6 Å². The van der Waals surface area contributed by atoms with Crippen LogP contribution < -0.4 is 9.47 Å². The molecule has 0 unspecified atom stereocenters. The standard InChI is InChI=1S/C29H46O7Si/c1-17(2)37(18(3)4,19(5)6)36-25-15-21-22(30)16-26(33-9)28(29(21,34-10)35-11)27(25)20-12-13-23(31-7)24(14-20)32-8/h12-14,16-19,21,25,27-28H,15H2,1-11H3/t21-,25-,27+,28-/m0/s1. The van der Waals surface area contributed by atoms with E-state index < -0.39 is 25.9 Å². The number of hydrogen-bond acceptors (Lipinski definition) is 7. The lowest BCUT2D eigenvalue weighted by molar-refractivity contribution is -0.290. The Morgan fingerprint density at radius 1 is 0.838 bits per heavy atom. The third kappa shape index (κ3) is 4.75. The first-order valence-electron chi connectivity index (χ1n) is 13.3. The first-order chi connectivity index (χ1) is 17.5. The molecule has 2 aliphatic carbocycles. The number of fused-ring (bicyclic) bond motifs is 2. The van der Waals surface area contributed by atoms with Gasteiger partial charge in [0.05, 0.1) is 39.3 Å². The number of hydrogen-bond donors (Lipinski definition) is 0. The highest BCUT2D eigenvalue weighted by molar-refractivity contribution is 6.77. The average molecular weight is 535 g/mol. The zero-order chi connectivity index (χ0) is 27.7. The van der Waals surface area contributed by atoms with Crippen LogP contribution in [0.2, 0.25) is 16.6 Å². The predicted octanol–water partition coefficient (Wildman–Crippen LogP) is 6.09. The smallest absolute Gasteiger partial charge is 0.200 e. The van der Waals surface area contributed by atoms with Gasteiger partial charge in [-0.25, -0.2) is 0 Å². The summed E-state index contributed by atoms with van der Waals surface area (Å²) in [5.41, 5.74) is 2.18. The molecule has 1 aromatic rings. The van der Waals surface area contributed by atoms with E-state index in [2.05, 4.69) is 41.5 Å². The highest BCUT2D eigenvalue weighted by Gasteiger charge is 2.64. The van der Waals surface area contributed by atoms with Gasteiger partial charge in [0.1, 0.15) is 5.76 Å². The molecule has 0 aliphatic heterocycles. The van der Waals surface area contributed by atoms with Gasteiger partial charge in [-0.05, 0) is 40.7 Å². The van der Waals surface area contributed by atoms with E-state index in [0.717, 1.165) is 5.56 Å². The van der Waals surface area contributed by atoms with Crippen LogP contribution in [-0.4, -0.2) is 61.5 Å². The molecule has 0 aromatic heterocycles. The molecular weight excluding hydrogens is 488 g/mol. The van der Waals surface area contributed by atoms with Crippen molar-refractivity contribution in [3.63, 3.8) is 0 Å². The van der Waals surface area contributed by atoms with Crippen LogP contribution in [0.3, 0.4) is 0 Å². The van der Waals surface area contributed by atoms with Gasteiger partial charge in [0.15, 0.2) is 23.1 Å². The Kier molecular flexibility index (Phi) is 9.21. The molecule has 7 nitrogen and oxygen atoms in total. The molecule has 0 amide bonds. The second kappa shape index (κ2) is 11.5. The monoisotopic (exact) mass is 534 g/mol. The summed E-state index contributed by atoms with van der Waals surface area (Å²) in [4.78, 5) is 13.5. The number of carbonyl (C=O) groups is 1. The predicted molar refractivity (Wildman–Crippen MR) is 147 cm³/mol. The molecule has 0 heterocycles. The Hall–Kier alpha value is -1.87. The second-order valence-corrected chi connectivity index (χ2v) is 16.6. The maximum atomic E-state index is 13.5. The summed E-state index contributed by atoms with van der Waals surface area (Å²) in [6.45, 7) is 13.7. The normalized spacial score (nSPS) is 25.5. The average Bonchev–Trinajstić information content (AvgIpc) is 2.87. The van der Waals surface area contributed by atoms with Crippen LogP contribution in [-0.2, 0) is 23.4 Å². The van der Waals surface area contributed by atoms with E-state index >= 15 is 0 Å². The number of ether oxygens (including phenoxy) is 5. The molecule has 208 valence electrons. The molecule has 8 heteroatoms. The fourth-order valence-electron chi connectivity index (χ4n) is 7.31. The Morgan fingerprint density at radius 2 is 1.41 bits per heavy atom. The second-order valence-electron chi connectivity index (χ2n) is 11.2. The number of ketones is 1. The van der Waals surface area contributed by atoms with Crippen molar-refractivity contribution in [1.82, 2.24) is 0 Å². The Morgan fingerprint density at radius 3 is 1.86 bits per heavy atom. The third-order valence-corrected chi connectivity index (χ3v) is 14.9. The van der Waals surface area contributed by atoms with Crippen molar-refractivity contribution in [2.45, 2.75) is 82.4 Å². The molecule has 4 atom stereocenters. The van der Waals surface area contributed by atoms with E-state index in [4.69, 9.17) is 28.1 Å². The lowest BCUT2D eigenvalue weighted by Gasteiger charge is -2.57. The Balaban J connectivity index is 2.30. The zero-order valence-corrected chi connectivity index (χ0v) is 25.4. The molecule has 1 aromatic carbocycles. The van der Waals surface area contributed by atoms with Crippen molar-refractivity contribution < 1.29 is 32.9 Å². The van der Waals surface area contributed by atoms with E-state index in [-0.39, 0.29) is 17.8 Å². The molecule has 1 saturated carbocycles. The van der Waals surface area contributed by atoms with Crippen LogP contribution in [0.1, 0.15) is 59.4 Å². The highest BCUT2D eigenvalue weighted by atomic mass is 28.4. The van der Waals surface area contributed by atoms with Crippen LogP contribution in [0, 0.1) is 11.8 Å². The number of rotatable bonds is 11. The van der Waals surface area contributed by atoms with E-state index in [1.54, 1.807) is 41.6 Å². The Bertz CT molecular complexity index is 961. The van der Waals surface area contributed by atoms with Gasteiger partial charge >= 0.3 is 0 Å². The largest absolute Gasteiger partial charge is 0.500 e. The molecular formula is C29H46O7Si. The number of methoxy groups -OCH3 is 5. The van der Waals surface area contributed by atoms with Crippen LogP contribution in [0.25, 0.3) is 0 Å². The molecule has 0 spiro atoms. The maximum absolute atomic E-state index is 13.5. The Labute approximate surface area is 223 Å². The summed E-state index contributed by atoms with van der Waals surface area (Å²) >= 11 is 0. The van der Waals surface area contributed by atoms with Crippen molar-refractivity contribution >= 4 is 14.1 Å². The fraction of sp³-hybridized carbons (Fsp3) is 0.690. The quantitative estimate of drug-likeness (QED) is 0.251. The number of benzene rings is 1. The summed E-state index contributed by atoms with van der Waals surface area (Å²) in [6, 6.07) is 5.97. The highest BCUT2D eigenvalue weighted by Crippen LogP contribution is 2.58. The summed E-state index contributed by atoms with van der Waals surface area (Å²) in [5, 5.41) is 0. The van der Waals surface area contributed by atoms with Crippen molar-refractivity contribution in [1.29, 1.82) is 0 Å². The van der Waals surface area contributed by atoms with E-state index in [9.17, 15) is 4.79 Å². The zero-order valence-electron chi connectivity index (χ0n) is 24.4. The minimum Gasteiger partial charge on any atom is -0.500 e. The summed E-state index contributed by atoms with van der Waals surface area (Å²) < 4.78 is 36.7. The molecule has 0 radical (unpaired) electrons. The van der Waals surface area contributed by atoms with Gasteiger partial charge in [0, 0.05) is 26.2 Å². The lowest BCUT2D eigenvalue weighted by atomic mass is 9.61. The van der Waals surface area contributed by atoms with Gasteiger partial charge in [-0.3, -0.25) is 4.79 Å². The van der Waals surface area contributed by atoms with Gasteiger partial charge in [0.2, 0.25) is 8.32 Å². The molecule has 2 bridgehead atoms. The summed E-state index contributed by atoms with van der Waals surface area (Å²) in [6.07, 6.45) is 1.87. The summed E-state index contributed by atoms with van der Waals surface area (Å²) in [5.74, 6) is -0.511. The van der Waals surface area contributed by atoms with Crippen molar-refractivity contribution in [2.24, 2.45) is 11.8 Å².